The number of hydrogen-bond donors (Lipinski definition) is 2. The van der Waals surface area contributed by atoms with Crippen LogP contribution in [0.15, 0.2) is 28.8 Å². The van der Waals surface area contributed by atoms with Crippen molar-refractivity contribution in [3.05, 3.63) is 23.8 Å². The number of rotatable bonds is 0. The van der Waals surface area contributed by atoms with E-state index in [-0.39, 0.29) is 0 Å². The van der Waals surface area contributed by atoms with Gasteiger partial charge in [0.2, 0.25) is 0 Å². The van der Waals surface area contributed by atoms with Crippen LogP contribution in [0, 0.1) is 0 Å². The molecule has 2 aliphatic heterocycles. The molecule has 0 aliphatic carbocycles. The minimum atomic E-state index is 0.808. The van der Waals surface area contributed by atoms with Crippen molar-refractivity contribution in [2.75, 3.05) is 13.7 Å². The van der Waals surface area contributed by atoms with Crippen LogP contribution in [-0.2, 0) is 0 Å². The highest BCUT2D eigenvalue weighted by Gasteiger charge is 2.21. The molecule has 0 bridgehead atoms. The summed E-state index contributed by atoms with van der Waals surface area (Å²) in [4.78, 5) is 6.21. The minimum absolute atomic E-state index is 0.808. The molecule has 0 spiro atoms. The van der Waals surface area contributed by atoms with Gasteiger partial charge in [0.05, 0.1) is 18.7 Å². The highest BCUT2D eigenvalue weighted by Crippen LogP contribution is 2.19. The normalized spacial score (nSPS) is 21.5. The van der Waals surface area contributed by atoms with Gasteiger partial charge in [-0.15, -0.1) is 0 Å². The van der Waals surface area contributed by atoms with E-state index in [1.807, 2.05) is 11.9 Å². The predicted molar refractivity (Wildman–Crippen MR) is 43.6 cm³/mol. The fourth-order valence-corrected chi connectivity index (χ4v) is 1.19. The Balaban J connectivity index is 2.40. The number of nitrogens with one attached hydrogen (secondary N) is 2. The zero-order valence-corrected chi connectivity index (χ0v) is 6.39. The van der Waals surface area contributed by atoms with E-state index in [0.29, 0.717) is 0 Å². The van der Waals surface area contributed by atoms with Crippen LogP contribution in [-0.4, -0.2) is 25.0 Å². The van der Waals surface area contributed by atoms with Gasteiger partial charge in [0.15, 0.2) is 5.82 Å². The molecular formula is C7H10N4. The Hall–Kier alpha value is -1.45. The Morgan fingerprint density at radius 3 is 3.27 bits per heavy atom. The third-order valence-electron chi connectivity index (χ3n) is 1.81. The summed E-state index contributed by atoms with van der Waals surface area (Å²) in [5.41, 5.74) is 1.90. The zero-order chi connectivity index (χ0) is 7.84. The second-order valence-corrected chi connectivity index (χ2v) is 2.61. The summed E-state index contributed by atoms with van der Waals surface area (Å²) in [5.74, 6) is 0.966. The molecule has 4 nitrogen and oxygen atoms in total. The van der Waals surface area contributed by atoms with Gasteiger partial charge in [-0.05, 0) is 0 Å². The van der Waals surface area contributed by atoms with Crippen LogP contribution in [0.1, 0.15) is 0 Å². The second kappa shape index (κ2) is 2.02. The summed E-state index contributed by atoms with van der Waals surface area (Å²) < 4.78 is 0. The Labute approximate surface area is 65.3 Å². The van der Waals surface area contributed by atoms with Gasteiger partial charge in [0.25, 0.3) is 0 Å². The molecule has 0 fully saturated rings. The van der Waals surface area contributed by atoms with Crippen LogP contribution in [0.25, 0.3) is 0 Å². The van der Waals surface area contributed by atoms with E-state index in [2.05, 4.69) is 22.2 Å². The van der Waals surface area contributed by atoms with E-state index in [1.54, 1.807) is 6.34 Å². The molecule has 0 amide bonds. The first-order valence-corrected chi connectivity index (χ1v) is 3.46. The fourth-order valence-electron chi connectivity index (χ4n) is 1.19. The van der Waals surface area contributed by atoms with Gasteiger partial charge in [-0.25, -0.2) is 4.99 Å². The van der Waals surface area contributed by atoms with E-state index in [0.717, 1.165) is 23.9 Å². The lowest BCUT2D eigenvalue weighted by atomic mass is 10.3. The van der Waals surface area contributed by atoms with E-state index < -0.39 is 0 Å². The fraction of sp³-hybridized carbons (Fsp3) is 0.286. The SMILES string of the molecule is C=C1NC=NC2=C1NCN2C. The van der Waals surface area contributed by atoms with Gasteiger partial charge >= 0.3 is 0 Å². The summed E-state index contributed by atoms with van der Waals surface area (Å²) in [6.07, 6.45) is 1.66. The predicted octanol–water partition coefficient (Wildman–Crippen LogP) is -0.207. The van der Waals surface area contributed by atoms with Crippen molar-refractivity contribution in [2.24, 2.45) is 4.99 Å². The minimum Gasteiger partial charge on any atom is -0.363 e. The topological polar surface area (TPSA) is 39.7 Å². The molecule has 0 aromatic carbocycles. The average Bonchev–Trinajstić information content (AvgIpc) is 2.35. The second-order valence-electron chi connectivity index (χ2n) is 2.61. The van der Waals surface area contributed by atoms with Crippen LogP contribution in [0.3, 0.4) is 0 Å². The van der Waals surface area contributed by atoms with E-state index >= 15 is 0 Å². The molecule has 2 aliphatic rings. The van der Waals surface area contributed by atoms with E-state index in [1.165, 1.54) is 0 Å². The molecule has 2 rings (SSSR count). The van der Waals surface area contributed by atoms with Crippen molar-refractivity contribution >= 4 is 6.34 Å². The summed E-state index contributed by atoms with van der Waals surface area (Å²) in [6.45, 7) is 4.65. The van der Waals surface area contributed by atoms with Crippen molar-refractivity contribution in [2.45, 2.75) is 0 Å². The molecule has 0 aromatic rings. The molecular weight excluding hydrogens is 140 g/mol. The molecule has 11 heavy (non-hydrogen) atoms. The van der Waals surface area contributed by atoms with Crippen molar-refractivity contribution in [3.63, 3.8) is 0 Å². The lowest BCUT2D eigenvalue weighted by Gasteiger charge is -2.13. The molecule has 0 unspecified atom stereocenters. The first-order valence-electron chi connectivity index (χ1n) is 3.46. The lowest BCUT2D eigenvalue weighted by Crippen LogP contribution is -2.21. The molecule has 0 radical (unpaired) electrons. The Kier molecular flexibility index (Phi) is 1.15. The van der Waals surface area contributed by atoms with E-state index in [4.69, 9.17) is 0 Å². The highest BCUT2D eigenvalue weighted by atomic mass is 15.3. The summed E-state index contributed by atoms with van der Waals surface area (Å²) in [7, 11) is 1.99. The molecule has 0 atom stereocenters. The first-order chi connectivity index (χ1) is 5.29. The monoisotopic (exact) mass is 150 g/mol. The number of hydrogen-bond acceptors (Lipinski definition) is 4. The largest absolute Gasteiger partial charge is 0.363 e. The highest BCUT2D eigenvalue weighted by molar-refractivity contribution is 5.64. The summed E-state index contributed by atoms with van der Waals surface area (Å²) in [5, 5.41) is 6.13. The average molecular weight is 150 g/mol. The van der Waals surface area contributed by atoms with Gasteiger partial charge in [0.1, 0.15) is 5.70 Å². The Morgan fingerprint density at radius 2 is 2.55 bits per heavy atom. The molecule has 2 N–H and O–H groups in total. The van der Waals surface area contributed by atoms with Crippen molar-refractivity contribution in [3.8, 4) is 0 Å². The maximum absolute atomic E-state index is 4.17. The van der Waals surface area contributed by atoms with Crippen LogP contribution in [0.4, 0.5) is 0 Å². The quantitative estimate of drug-likeness (QED) is 0.502. The Morgan fingerprint density at radius 1 is 1.73 bits per heavy atom. The number of nitrogens with zero attached hydrogens (tertiary/aromatic N) is 2. The third-order valence-corrected chi connectivity index (χ3v) is 1.81. The van der Waals surface area contributed by atoms with Crippen LogP contribution < -0.4 is 10.6 Å². The zero-order valence-electron chi connectivity index (χ0n) is 6.39. The van der Waals surface area contributed by atoms with Gasteiger partial charge in [-0.3, -0.25) is 0 Å². The van der Waals surface area contributed by atoms with Gasteiger partial charge < -0.3 is 15.5 Å². The molecule has 2 heterocycles. The molecule has 58 valence electrons. The molecule has 0 saturated carbocycles. The molecule has 0 aromatic heterocycles. The van der Waals surface area contributed by atoms with Gasteiger partial charge in [-0.2, -0.15) is 0 Å². The number of aliphatic imine (C=N–C) groups is 1. The lowest BCUT2D eigenvalue weighted by molar-refractivity contribution is 0.438. The van der Waals surface area contributed by atoms with Crippen LogP contribution in [0.2, 0.25) is 0 Å². The maximum atomic E-state index is 4.17. The van der Waals surface area contributed by atoms with Crippen LogP contribution in [0.5, 0.6) is 0 Å². The van der Waals surface area contributed by atoms with Crippen molar-refractivity contribution in [1.29, 1.82) is 0 Å². The molecule has 4 heteroatoms. The Bertz CT molecular complexity index is 264. The first kappa shape index (κ1) is 6.27. The van der Waals surface area contributed by atoms with Crippen LogP contribution >= 0.6 is 0 Å². The standard InChI is InChI=1S/C7H10N4/c1-5-6-7(9-3-8-5)11(2)4-10-6/h3,10H,1,4H2,2H3,(H,8,9). The van der Waals surface area contributed by atoms with Crippen molar-refractivity contribution < 1.29 is 0 Å². The maximum Gasteiger partial charge on any atom is 0.157 e. The smallest absolute Gasteiger partial charge is 0.157 e. The van der Waals surface area contributed by atoms with Gasteiger partial charge in [-0.1, -0.05) is 6.58 Å². The molecule has 0 saturated heterocycles. The third kappa shape index (κ3) is 0.790. The summed E-state index contributed by atoms with van der Waals surface area (Å²) in [6, 6.07) is 0. The van der Waals surface area contributed by atoms with Crippen molar-refractivity contribution in [1.82, 2.24) is 15.5 Å². The van der Waals surface area contributed by atoms with Gasteiger partial charge in [0, 0.05) is 7.05 Å². The van der Waals surface area contributed by atoms with E-state index in [9.17, 15) is 0 Å². The summed E-state index contributed by atoms with van der Waals surface area (Å²) >= 11 is 0.